The number of nitrogens with zero attached hydrogens (tertiary/aromatic N) is 1. The molecule has 9 heteroatoms. The smallest absolute Gasteiger partial charge is 0.264 e. The van der Waals surface area contributed by atoms with E-state index in [0.717, 1.165) is 21.0 Å². The van der Waals surface area contributed by atoms with Gasteiger partial charge in [-0.15, -0.1) is 11.3 Å². The number of amides is 1. The summed E-state index contributed by atoms with van der Waals surface area (Å²) in [6, 6.07) is 13.7. The quantitative estimate of drug-likeness (QED) is 0.398. The molecule has 2 aromatic carbocycles. The molecule has 31 heavy (non-hydrogen) atoms. The standard InChI is InChI=1S/C22H25BrN2O4S2/c1-15(2)29-12-4-11-24-22(26)21-14-16-13-18(7-10-20(16)30-21)25(3)31(27,28)19-8-5-17(23)6-9-19/h5-10,13-15H,4,11-12H2,1-3H3,(H,24,26). The highest BCUT2D eigenvalue weighted by molar-refractivity contribution is 9.10. The van der Waals surface area contributed by atoms with Crippen LogP contribution in [0, 0.1) is 0 Å². The van der Waals surface area contributed by atoms with Crippen LogP contribution in [0.15, 0.2) is 57.9 Å². The van der Waals surface area contributed by atoms with Gasteiger partial charge in [0, 0.05) is 29.4 Å². The molecule has 3 rings (SSSR count). The first-order valence-electron chi connectivity index (χ1n) is 9.86. The molecule has 0 aliphatic carbocycles. The van der Waals surface area contributed by atoms with Gasteiger partial charge in [-0.2, -0.15) is 0 Å². The number of benzene rings is 2. The number of hydrogen-bond acceptors (Lipinski definition) is 5. The minimum Gasteiger partial charge on any atom is -0.379 e. The molecule has 6 nitrogen and oxygen atoms in total. The number of thiophene rings is 1. The van der Waals surface area contributed by atoms with Crippen LogP contribution in [-0.2, 0) is 14.8 Å². The number of carbonyl (C=O) groups excluding carboxylic acids is 1. The van der Waals surface area contributed by atoms with Gasteiger partial charge >= 0.3 is 0 Å². The Morgan fingerprint density at radius 1 is 1.16 bits per heavy atom. The van der Waals surface area contributed by atoms with Crippen molar-refractivity contribution in [3.05, 3.63) is 57.9 Å². The van der Waals surface area contributed by atoms with Gasteiger partial charge < -0.3 is 10.1 Å². The molecule has 0 radical (unpaired) electrons. The third-order valence-corrected chi connectivity index (χ3v) is 8.06. The van der Waals surface area contributed by atoms with E-state index in [1.54, 1.807) is 42.5 Å². The van der Waals surface area contributed by atoms with Gasteiger partial charge in [-0.3, -0.25) is 9.10 Å². The molecule has 0 fully saturated rings. The second kappa shape index (κ2) is 10.1. The van der Waals surface area contributed by atoms with Crippen molar-refractivity contribution in [3.8, 4) is 0 Å². The van der Waals surface area contributed by atoms with Gasteiger partial charge in [0.2, 0.25) is 0 Å². The highest BCUT2D eigenvalue weighted by Crippen LogP contribution is 2.31. The van der Waals surface area contributed by atoms with E-state index in [1.165, 1.54) is 22.7 Å². The molecule has 0 saturated carbocycles. The van der Waals surface area contributed by atoms with Crippen LogP contribution in [0.4, 0.5) is 5.69 Å². The fourth-order valence-corrected chi connectivity index (χ4v) is 5.33. The predicted molar refractivity (Wildman–Crippen MR) is 130 cm³/mol. The molecule has 0 aliphatic rings. The van der Waals surface area contributed by atoms with Crippen molar-refractivity contribution in [2.45, 2.75) is 31.3 Å². The molecule has 0 bridgehead atoms. The monoisotopic (exact) mass is 524 g/mol. The Labute approximate surface area is 195 Å². The topological polar surface area (TPSA) is 75.7 Å². The number of anilines is 1. The van der Waals surface area contributed by atoms with E-state index in [9.17, 15) is 13.2 Å². The first kappa shape index (κ1) is 23.7. The average molecular weight is 525 g/mol. The number of ether oxygens (including phenoxy) is 1. The maximum Gasteiger partial charge on any atom is 0.264 e. The summed E-state index contributed by atoms with van der Waals surface area (Å²) in [4.78, 5) is 13.3. The van der Waals surface area contributed by atoms with E-state index in [1.807, 2.05) is 19.9 Å². The van der Waals surface area contributed by atoms with Gasteiger partial charge in [-0.25, -0.2) is 8.42 Å². The summed E-state index contributed by atoms with van der Waals surface area (Å²) in [5.74, 6) is -0.136. The van der Waals surface area contributed by atoms with E-state index in [0.29, 0.717) is 23.7 Å². The Morgan fingerprint density at radius 3 is 2.55 bits per heavy atom. The second-order valence-electron chi connectivity index (χ2n) is 7.29. The first-order valence-corrected chi connectivity index (χ1v) is 12.9. The summed E-state index contributed by atoms with van der Waals surface area (Å²) in [6.45, 7) is 5.10. The van der Waals surface area contributed by atoms with Gasteiger partial charge in [-0.05, 0) is 74.2 Å². The number of carbonyl (C=O) groups is 1. The molecular weight excluding hydrogens is 500 g/mol. The Bertz CT molecular complexity index is 1160. The summed E-state index contributed by atoms with van der Waals surface area (Å²) in [6.07, 6.45) is 0.927. The number of sulfonamides is 1. The van der Waals surface area contributed by atoms with Crippen molar-refractivity contribution in [2.24, 2.45) is 0 Å². The Hall–Kier alpha value is -1.94. The molecule has 3 aromatic rings. The lowest BCUT2D eigenvalue weighted by Crippen LogP contribution is -2.26. The van der Waals surface area contributed by atoms with Crippen LogP contribution in [0.5, 0.6) is 0 Å². The summed E-state index contributed by atoms with van der Waals surface area (Å²) >= 11 is 4.70. The van der Waals surface area contributed by atoms with E-state index in [2.05, 4.69) is 21.2 Å². The lowest BCUT2D eigenvalue weighted by molar-refractivity contribution is 0.0757. The molecule has 1 heterocycles. The fourth-order valence-electron chi connectivity index (χ4n) is 2.92. The predicted octanol–water partition coefficient (Wildman–Crippen LogP) is 5.03. The van der Waals surface area contributed by atoms with Crippen molar-refractivity contribution >= 4 is 59.0 Å². The molecule has 1 aromatic heterocycles. The van der Waals surface area contributed by atoms with Crippen LogP contribution in [0.1, 0.15) is 29.9 Å². The Kier molecular flexibility index (Phi) is 7.74. The van der Waals surface area contributed by atoms with Crippen LogP contribution in [0.2, 0.25) is 0 Å². The maximum atomic E-state index is 12.9. The van der Waals surface area contributed by atoms with Crippen molar-refractivity contribution < 1.29 is 17.9 Å². The van der Waals surface area contributed by atoms with Crippen LogP contribution in [-0.4, -0.2) is 40.6 Å². The Morgan fingerprint density at radius 2 is 1.87 bits per heavy atom. The minimum absolute atomic E-state index is 0.136. The molecule has 0 spiro atoms. The molecule has 0 aliphatic heterocycles. The molecule has 166 valence electrons. The normalized spacial score (nSPS) is 11.8. The van der Waals surface area contributed by atoms with Gasteiger partial charge in [0.1, 0.15) is 0 Å². The van der Waals surface area contributed by atoms with E-state index < -0.39 is 10.0 Å². The lowest BCUT2D eigenvalue weighted by Gasteiger charge is -2.19. The zero-order chi connectivity index (χ0) is 22.6. The number of fused-ring (bicyclic) bond motifs is 1. The zero-order valence-corrected chi connectivity index (χ0v) is 20.8. The highest BCUT2D eigenvalue weighted by Gasteiger charge is 2.22. The summed E-state index contributed by atoms with van der Waals surface area (Å²) in [7, 11) is -2.16. The minimum atomic E-state index is -3.69. The van der Waals surface area contributed by atoms with Crippen molar-refractivity contribution in [1.82, 2.24) is 5.32 Å². The van der Waals surface area contributed by atoms with Crippen LogP contribution >= 0.6 is 27.3 Å². The van der Waals surface area contributed by atoms with Crippen molar-refractivity contribution in [3.63, 3.8) is 0 Å². The SMILES string of the molecule is CC(C)OCCCNC(=O)c1cc2cc(N(C)S(=O)(=O)c3ccc(Br)cc3)ccc2s1. The fraction of sp³-hybridized carbons (Fsp3) is 0.318. The molecule has 0 saturated heterocycles. The van der Waals surface area contributed by atoms with Crippen molar-refractivity contribution in [1.29, 1.82) is 0 Å². The van der Waals surface area contributed by atoms with Crippen LogP contribution in [0.25, 0.3) is 10.1 Å². The molecule has 1 amide bonds. The summed E-state index contributed by atoms with van der Waals surface area (Å²) < 4.78 is 34.4. The van der Waals surface area contributed by atoms with Crippen molar-refractivity contribution in [2.75, 3.05) is 24.5 Å². The number of rotatable bonds is 9. The van der Waals surface area contributed by atoms with Gasteiger partial charge in [-0.1, -0.05) is 15.9 Å². The third-order valence-electron chi connectivity index (χ3n) is 4.62. The third kappa shape index (κ3) is 5.85. The average Bonchev–Trinajstić information content (AvgIpc) is 3.16. The van der Waals surface area contributed by atoms with Gasteiger partial charge in [0.05, 0.1) is 21.6 Å². The van der Waals surface area contributed by atoms with Gasteiger partial charge in [0.25, 0.3) is 15.9 Å². The molecule has 0 unspecified atom stereocenters. The van der Waals surface area contributed by atoms with E-state index in [-0.39, 0.29) is 16.9 Å². The lowest BCUT2D eigenvalue weighted by atomic mass is 10.2. The second-order valence-corrected chi connectivity index (χ2v) is 11.3. The number of hydrogen-bond donors (Lipinski definition) is 1. The van der Waals surface area contributed by atoms with E-state index >= 15 is 0 Å². The van der Waals surface area contributed by atoms with Crippen LogP contribution in [0.3, 0.4) is 0 Å². The molecule has 0 atom stereocenters. The maximum absolute atomic E-state index is 12.9. The highest BCUT2D eigenvalue weighted by atomic mass is 79.9. The Balaban J connectivity index is 1.73. The molecular formula is C22H25BrN2O4S2. The largest absolute Gasteiger partial charge is 0.379 e. The van der Waals surface area contributed by atoms with Crippen LogP contribution < -0.4 is 9.62 Å². The number of nitrogens with one attached hydrogen (secondary N) is 1. The summed E-state index contributed by atoms with van der Waals surface area (Å²) in [5.41, 5.74) is 0.533. The molecule has 1 N–H and O–H groups in total. The van der Waals surface area contributed by atoms with E-state index in [4.69, 9.17) is 4.74 Å². The first-order chi connectivity index (χ1) is 14.7. The number of halogens is 1. The van der Waals surface area contributed by atoms with Gasteiger partial charge in [0.15, 0.2) is 0 Å². The zero-order valence-electron chi connectivity index (χ0n) is 17.6. The summed E-state index contributed by atoms with van der Waals surface area (Å²) in [5, 5.41) is 3.73.